The third kappa shape index (κ3) is 2.06. The van der Waals surface area contributed by atoms with Crippen molar-refractivity contribution in [3.63, 3.8) is 0 Å². The molecule has 0 atom stereocenters. The molecular weight excluding hydrogens is 256 g/mol. The highest BCUT2D eigenvalue weighted by Gasteiger charge is 2.34. The molecule has 1 fully saturated rings. The van der Waals surface area contributed by atoms with E-state index in [0.29, 0.717) is 24.4 Å². The first kappa shape index (κ1) is 11.5. The normalized spacial score (nSPS) is 17.8. The van der Waals surface area contributed by atoms with Crippen LogP contribution in [0.2, 0.25) is 0 Å². The van der Waals surface area contributed by atoms with Crippen LogP contribution in [0.4, 0.5) is 0 Å². The number of hydrogen-bond acceptors (Lipinski definition) is 5. The predicted molar refractivity (Wildman–Crippen MR) is 64.8 cm³/mol. The predicted octanol–water partition coefficient (Wildman–Crippen LogP) is 0.850. The van der Waals surface area contributed by atoms with E-state index in [9.17, 15) is 8.42 Å². The van der Waals surface area contributed by atoms with Crippen LogP contribution in [-0.2, 0) is 10.0 Å². The summed E-state index contributed by atoms with van der Waals surface area (Å²) in [7, 11) is -3.09. The van der Waals surface area contributed by atoms with Crippen LogP contribution in [-0.4, -0.2) is 43.2 Å². The number of benzene rings is 1. The van der Waals surface area contributed by atoms with Crippen molar-refractivity contribution in [1.82, 2.24) is 9.29 Å². The summed E-state index contributed by atoms with van der Waals surface area (Å²) in [6.45, 7) is 0.797. The number of aromatic nitrogens is 1. The molecule has 18 heavy (non-hydrogen) atoms. The maximum atomic E-state index is 11.2. The van der Waals surface area contributed by atoms with Crippen LogP contribution in [0.1, 0.15) is 0 Å². The largest absolute Gasteiger partial charge is 0.488 e. The fraction of sp³-hybridized carbons (Fsp3) is 0.364. The summed E-state index contributed by atoms with van der Waals surface area (Å²) < 4.78 is 34.6. The van der Waals surface area contributed by atoms with E-state index in [1.807, 2.05) is 0 Å². The molecule has 6 nitrogen and oxygen atoms in total. The quantitative estimate of drug-likeness (QED) is 0.825. The molecule has 2 aromatic rings. The van der Waals surface area contributed by atoms with Crippen LogP contribution >= 0.6 is 0 Å². The number of sulfonamides is 1. The summed E-state index contributed by atoms with van der Waals surface area (Å²) in [6.07, 6.45) is 2.48. The molecule has 0 spiro atoms. The summed E-state index contributed by atoms with van der Waals surface area (Å²) >= 11 is 0. The summed E-state index contributed by atoms with van der Waals surface area (Å²) in [5.74, 6) is 0.676. The molecule has 1 aliphatic heterocycles. The molecule has 0 aliphatic carbocycles. The molecule has 0 bridgehead atoms. The minimum absolute atomic E-state index is 0.0934. The third-order valence-corrected chi connectivity index (χ3v) is 4.12. The smallest absolute Gasteiger partial charge is 0.211 e. The van der Waals surface area contributed by atoms with E-state index in [0.717, 1.165) is 5.52 Å². The second-order valence-corrected chi connectivity index (χ2v) is 6.28. The van der Waals surface area contributed by atoms with Crippen molar-refractivity contribution in [2.45, 2.75) is 6.10 Å². The second kappa shape index (κ2) is 3.96. The number of oxazole rings is 1. The highest BCUT2D eigenvalue weighted by atomic mass is 32.2. The summed E-state index contributed by atoms with van der Waals surface area (Å²) in [5, 5.41) is 0. The lowest BCUT2D eigenvalue weighted by atomic mass is 10.2. The Kier molecular flexibility index (Phi) is 2.53. The molecule has 1 aromatic heterocycles. The molecule has 2 heterocycles. The van der Waals surface area contributed by atoms with E-state index in [4.69, 9.17) is 9.15 Å². The zero-order chi connectivity index (χ0) is 12.8. The van der Waals surface area contributed by atoms with Crippen molar-refractivity contribution in [2.75, 3.05) is 19.3 Å². The van der Waals surface area contributed by atoms with Crippen molar-refractivity contribution in [3.8, 4) is 5.75 Å². The van der Waals surface area contributed by atoms with Crippen LogP contribution in [0.15, 0.2) is 29.0 Å². The van der Waals surface area contributed by atoms with Crippen LogP contribution < -0.4 is 4.74 Å². The van der Waals surface area contributed by atoms with Crippen LogP contribution in [0.5, 0.6) is 5.75 Å². The van der Waals surface area contributed by atoms with Crippen LogP contribution in [0.25, 0.3) is 11.1 Å². The van der Waals surface area contributed by atoms with Crippen molar-refractivity contribution in [2.24, 2.45) is 0 Å². The van der Waals surface area contributed by atoms with Gasteiger partial charge >= 0.3 is 0 Å². The average Bonchev–Trinajstić information content (AvgIpc) is 2.67. The Morgan fingerprint density at radius 1 is 1.44 bits per heavy atom. The maximum Gasteiger partial charge on any atom is 0.211 e. The SMILES string of the molecule is CS(=O)(=O)N1CC(Oc2ccc3ocnc3c2)C1. The molecule has 7 heteroatoms. The Morgan fingerprint density at radius 3 is 2.94 bits per heavy atom. The molecule has 0 amide bonds. The molecule has 1 aromatic carbocycles. The lowest BCUT2D eigenvalue weighted by Gasteiger charge is -2.36. The molecule has 96 valence electrons. The molecule has 3 rings (SSSR count). The Bertz CT molecular complexity index is 673. The first-order chi connectivity index (χ1) is 8.52. The average molecular weight is 268 g/mol. The summed E-state index contributed by atoms with van der Waals surface area (Å²) in [4.78, 5) is 4.03. The molecule has 0 radical (unpaired) electrons. The van der Waals surface area contributed by atoms with Gasteiger partial charge in [0.05, 0.1) is 19.3 Å². The zero-order valence-electron chi connectivity index (χ0n) is 9.74. The van der Waals surface area contributed by atoms with Crippen molar-refractivity contribution in [3.05, 3.63) is 24.6 Å². The van der Waals surface area contributed by atoms with E-state index in [1.54, 1.807) is 18.2 Å². The van der Waals surface area contributed by atoms with Crippen molar-refractivity contribution in [1.29, 1.82) is 0 Å². The fourth-order valence-corrected chi connectivity index (χ4v) is 2.72. The highest BCUT2D eigenvalue weighted by Crippen LogP contribution is 2.23. The number of hydrogen-bond donors (Lipinski definition) is 0. The number of fused-ring (bicyclic) bond motifs is 1. The van der Waals surface area contributed by atoms with Gasteiger partial charge in [-0.1, -0.05) is 0 Å². The molecule has 0 saturated carbocycles. The van der Waals surface area contributed by atoms with Crippen molar-refractivity contribution < 1.29 is 17.6 Å². The van der Waals surface area contributed by atoms with E-state index >= 15 is 0 Å². The molecular formula is C11H12N2O4S. The van der Waals surface area contributed by atoms with Gasteiger partial charge in [0, 0.05) is 6.07 Å². The minimum atomic E-state index is -3.09. The Morgan fingerprint density at radius 2 is 2.22 bits per heavy atom. The number of rotatable bonds is 3. The number of nitrogens with zero attached hydrogens (tertiary/aromatic N) is 2. The van der Waals surface area contributed by atoms with Gasteiger partial charge in [-0.3, -0.25) is 0 Å². The summed E-state index contributed by atoms with van der Waals surface area (Å²) in [5.41, 5.74) is 1.43. The monoisotopic (exact) mass is 268 g/mol. The number of ether oxygens (including phenoxy) is 1. The van der Waals surface area contributed by atoms with Gasteiger partial charge in [-0.15, -0.1) is 0 Å². The summed E-state index contributed by atoms with van der Waals surface area (Å²) in [6, 6.07) is 5.35. The molecule has 1 saturated heterocycles. The molecule has 0 unspecified atom stereocenters. The minimum Gasteiger partial charge on any atom is -0.488 e. The van der Waals surface area contributed by atoms with Gasteiger partial charge in [0.2, 0.25) is 10.0 Å². The molecule has 0 N–H and O–H groups in total. The maximum absolute atomic E-state index is 11.2. The molecule has 1 aliphatic rings. The standard InChI is InChI=1S/C11H12N2O4S/c1-18(14,15)13-5-9(6-13)17-8-2-3-11-10(4-8)12-7-16-11/h2-4,7,9H,5-6H2,1H3. The van der Waals surface area contributed by atoms with Gasteiger partial charge < -0.3 is 9.15 Å². The van der Waals surface area contributed by atoms with Gasteiger partial charge in [0.1, 0.15) is 17.4 Å². The zero-order valence-corrected chi connectivity index (χ0v) is 10.6. The lowest BCUT2D eigenvalue weighted by molar-refractivity contribution is 0.0768. The lowest BCUT2D eigenvalue weighted by Crippen LogP contribution is -2.55. The van der Waals surface area contributed by atoms with Gasteiger partial charge in [-0.2, -0.15) is 4.31 Å². The third-order valence-electron chi connectivity index (χ3n) is 2.89. The van der Waals surface area contributed by atoms with E-state index in [-0.39, 0.29) is 6.10 Å². The van der Waals surface area contributed by atoms with Gasteiger partial charge in [0.15, 0.2) is 12.0 Å². The Balaban J connectivity index is 1.68. The van der Waals surface area contributed by atoms with E-state index in [2.05, 4.69) is 4.98 Å². The van der Waals surface area contributed by atoms with Crippen LogP contribution in [0, 0.1) is 0 Å². The van der Waals surface area contributed by atoms with Gasteiger partial charge in [0.25, 0.3) is 0 Å². The van der Waals surface area contributed by atoms with Gasteiger partial charge in [-0.05, 0) is 12.1 Å². The Labute approximate surface area is 104 Å². The Hall–Kier alpha value is -1.60. The van der Waals surface area contributed by atoms with E-state index < -0.39 is 10.0 Å². The van der Waals surface area contributed by atoms with Crippen molar-refractivity contribution >= 4 is 21.1 Å². The first-order valence-corrected chi connectivity index (χ1v) is 7.32. The first-order valence-electron chi connectivity index (χ1n) is 5.47. The van der Waals surface area contributed by atoms with E-state index in [1.165, 1.54) is 17.0 Å². The topological polar surface area (TPSA) is 72.6 Å². The highest BCUT2D eigenvalue weighted by molar-refractivity contribution is 7.88. The van der Waals surface area contributed by atoms with Crippen LogP contribution in [0.3, 0.4) is 0 Å². The van der Waals surface area contributed by atoms with Gasteiger partial charge in [-0.25, -0.2) is 13.4 Å². The second-order valence-electron chi connectivity index (χ2n) is 4.30. The fourth-order valence-electron chi connectivity index (χ4n) is 1.85.